The summed E-state index contributed by atoms with van der Waals surface area (Å²) in [6.45, 7) is 0.830. The van der Waals surface area contributed by atoms with Crippen molar-refractivity contribution in [3.8, 4) is 5.75 Å². The Morgan fingerprint density at radius 1 is 1.27 bits per heavy atom. The third kappa shape index (κ3) is 1.78. The van der Waals surface area contributed by atoms with Crippen molar-refractivity contribution in [2.45, 2.75) is 6.42 Å². The van der Waals surface area contributed by atoms with Crippen molar-refractivity contribution >= 4 is 0 Å². The van der Waals surface area contributed by atoms with Gasteiger partial charge in [-0.25, -0.2) is 0 Å². The van der Waals surface area contributed by atoms with E-state index >= 15 is 0 Å². The Kier molecular flexibility index (Phi) is 3.01. The molecule has 0 aliphatic carbocycles. The number of para-hydroxylation sites is 1. The Morgan fingerprint density at radius 3 is 2.91 bits per heavy atom. The topological polar surface area (TPSA) is 9.23 Å². The van der Waals surface area contributed by atoms with Gasteiger partial charge in [0.1, 0.15) is 0 Å². The molecule has 0 saturated carbocycles. The van der Waals surface area contributed by atoms with Gasteiger partial charge in [-0.3, -0.25) is 0 Å². The van der Waals surface area contributed by atoms with Crippen LogP contribution in [0.5, 0.6) is 5.75 Å². The predicted octanol–water partition coefficient (Wildman–Crippen LogP) is 2.02. The van der Waals surface area contributed by atoms with E-state index in [1.807, 2.05) is 18.2 Å². The fourth-order valence-corrected chi connectivity index (χ4v) is 1.16. The number of ether oxygens (including phenoxy) is 1. The quantitative estimate of drug-likeness (QED) is 0.665. The molecule has 0 N–H and O–H groups in total. The molecule has 0 spiro atoms. The average molecular weight is 317 g/mol. The monoisotopic (exact) mass is 317 g/mol. The summed E-state index contributed by atoms with van der Waals surface area (Å²) in [5, 5.41) is 0. The Bertz CT molecular complexity index is 210. The maximum atomic E-state index is 5.39. The van der Waals surface area contributed by atoms with Crippen molar-refractivity contribution < 1.29 is 25.8 Å². The second kappa shape index (κ2) is 3.82. The Hall–Kier alpha value is -0.422. The summed E-state index contributed by atoms with van der Waals surface area (Å²) >= 11 is 0. The number of hydrogen-bond acceptors (Lipinski definition) is 1. The molecule has 0 radical (unpaired) electrons. The molecule has 11 heavy (non-hydrogen) atoms. The summed E-state index contributed by atoms with van der Waals surface area (Å²) in [7, 11) is 0. The van der Waals surface area contributed by atoms with Gasteiger partial charge in [0.05, 0.1) is 6.61 Å². The van der Waals surface area contributed by atoms with Gasteiger partial charge in [-0.1, -0.05) is 12.1 Å². The smallest absolute Gasteiger partial charge is 0.0645 e. The minimum Gasteiger partial charge on any atom is -0.551 e. The van der Waals surface area contributed by atoms with E-state index in [0.29, 0.717) is 0 Å². The Labute approximate surface area is 81.0 Å². The zero-order valence-electron chi connectivity index (χ0n) is 6.12. The average Bonchev–Trinajstić information content (AvgIpc) is 2.05. The fourth-order valence-electron chi connectivity index (χ4n) is 1.16. The van der Waals surface area contributed by atoms with Crippen molar-refractivity contribution in [3.05, 3.63) is 36.2 Å². The molecule has 2 rings (SSSR count). The first-order valence-corrected chi connectivity index (χ1v) is 3.52. The third-order valence-electron chi connectivity index (χ3n) is 1.66. The third-order valence-corrected chi connectivity index (χ3v) is 1.66. The molecule has 0 amide bonds. The van der Waals surface area contributed by atoms with E-state index in [1.54, 1.807) is 0 Å². The van der Waals surface area contributed by atoms with Crippen LogP contribution in [0.15, 0.2) is 24.3 Å². The van der Waals surface area contributed by atoms with Gasteiger partial charge in [0.2, 0.25) is 0 Å². The SMILES string of the molecule is [W].c1ccc2c(c1)[CH-]CCO2. The molecule has 0 saturated heterocycles. The van der Waals surface area contributed by atoms with E-state index in [4.69, 9.17) is 4.74 Å². The number of rotatable bonds is 0. The van der Waals surface area contributed by atoms with Crippen molar-refractivity contribution in [1.82, 2.24) is 0 Å². The number of benzene rings is 1. The fraction of sp³-hybridized carbons (Fsp3) is 0.222. The van der Waals surface area contributed by atoms with Gasteiger partial charge >= 0.3 is 0 Å². The maximum Gasteiger partial charge on any atom is 0.0645 e. The standard InChI is InChI=1S/C9H9O.W/c1-2-6-9-8(4-1)5-3-7-10-9;/h1-2,4-6H,3,7H2;/q-1;. The molecule has 1 aromatic carbocycles. The van der Waals surface area contributed by atoms with Gasteiger partial charge in [-0.15, -0.1) is 6.07 Å². The summed E-state index contributed by atoms with van der Waals surface area (Å²) in [5.74, 6) is 1.02. The second-order valence-corrected chi connectivity index (χ2v) is 2.38. The van der Waals surface area contributed by atoms with E-state index in [0.717, 1.165) is 18.8 Å². The molecule has 1 heterocycles. The molecule has 1 aliphatic rings. The molecule has 0 atom stereocenters. The van der Waals surface area contributed by atoms with Crippen LogP contribution in [0.3, 0.4) is 0 Å². The first-order chi connectivity index (χ1) is 4.97. The molecule has 1 nitrogen and oxygen atoms in total. The van der Waals surface area contributed by atoms with Crippen LogP contribution in [0.1, 0.15) is 12.0 Å². The van der Waals surface area contributed by atoms with Crippen LogP contribution < -0.4 is 4.74 Å². The van der Waals surface area contributed by atoms with Gasteiger partial charge in [0.25, 0.3) is 0 Å². The number of fused-ring (bicyclic) bond motifs is 1. The van der Waals surface area contributed by atoms with Crippen LogP contribution in [-0.4, -0.2) is 6.61 Å². The molecule has 0 aromatic heterocycles. The normalized spacial score (nSPS) is 13.5. The summed E-state index contributed by atoms with van der Waals surface area (Å²) < 4.78 is 5.39. The molecular weight excluding hydrogens is 308 g/mol. The van der Waals surface area contributed by atoms with Gasteiger partial charge < -0.3 is 4.74 Å². The Morgan fingerprint density at radius 2 is 2.09 bits per heavy atom. The van der Waals surface area contributed by atoms with Crippen LogP contribution in [0, 0.1) is 6.42 Å². The minimum absolute atomic E-state index is 0. The Balaban J connectivity index is 0.000000605. The van der Waals surface area contributed by atoms with E-state index in [9.17, 15) is 0 Å². The summed E-state index contributed by atoms with van der Waals surface area (Å²) in [5.41, 5.74) is 1.23. The minimum atomic E-state index is 0. The molecule has 0 unspecified atom stereocenters. The van der Waals surface area contributed by atoms with Gasteiger partial charge in [-0.2, -0.15) is 18.1 Å². The van der Waals surface area contributed by atoms with E-state index in [-0.39, 0.29) is 21.1 Å². The largest absolute Gasteiger partial charge is 0.551 e. The zero-order chi connectivity index (χ0) is 6.81. The van der Waals surface area contributed by atoms with Crippen molar-refractivity contribution in [2.24, 2.45) is 0 Å². The molecule has 1 aliphatic heterocycles. The molecular formula is C9H9OW-. The molecule has 1 aromatic rings. The van der Waals surface area contributed by atoms with E-state index in [1.165, 1.54) is 5.56 Å². The first kappa shape index (κ1) is 8.67. The second-order valence-electron chi connectivity index (χ2n) is 2.38. The van der Waals surface area contributed by atoms with Crippen LogP contribution >= 0.6 is 0 Å². The summed E-state index contributed by atoms with van der Waals surface area (Å²) in [4.78, 5) is 0. The van der Waals surface area contributed by atoms with Crippen molar-refractivity contribution in [3.63, 3.8) is 0 Å². The van der Waals surface area contributed by atoms with Gasteiger partial charge in [-0.05, 0) is 6.42 Å². The van der Waals surface area contributed by atoms with Gasteiger partial charge in [0, 0.05) is 26.8 Å². The maximum absolute atomic E-state index is 5.39. The predicted molar refractivity (Wildman–Crippen MR) is 40.0 cm³/mol. The van der Waals surface area contributed by atoms with Gasteiger partial charge in [0.15, 0.2) is 0 Å². The van der Waals surface area contributed by atoms with Crippen LogP contribution in [0.4, 0.5) is 0 Å². The summed E-state index contributed by atoms with van der Waals surface area (Å²) in [6, 6.07) is 8.11. The summed E-state index contributed by atoms with van der Waals surface area (Å²) in [6.07, 6.45) is 3.25. The number of hydrogen-bond donors (Lipinski definition) is 0. The molecule has 2 heteroatoms. The molecule has 0 bridgehead atoms. The van der Waals surface area contributed by atoms with Crippen LogP contribution in [-0.2, 0) is 21.1 Å². The first-order valence-electron chi connectivity index (χ1n) is 3.52. The molecule has 0 fully saturated rings. The molecule has 58 valence electrons. The van der Waals surface area contributed by atoms with Crippen molar-refractivity contribution in [2.75, 3.05) is 6.61 Å². The van der Waals surface area contributed by atoms with E-state index in [2.05, 4.69) is 12.5 Å². The van der Waals surface area contributed by atoms with Crippen LogP contribution in [0.25, 0.3) is 0 Å². The van der Waals surface area contributed by atoms with Crippen molar-refractivity contribution in [1.29, 1.82) is 0 Å². The zero-order valence-corrected chi connectivity index (χ0v) is 9.05. The van der Waals surface area contributed by atoms with Crippen LogP contribution in [0.2, 0.25) is 0 Å². The van der Waals surface area contributed by atoms with E-state index < -0.39 is 0 Å².